The molecule has 0 saturated heterocycles. The lowest BCUT2D eigenvalue weighted by Gasteiger charge is -2.09. The molecule has 0 unspecified atom stereocenters. The molecule has 2 N–H and O–H groups in total. The Morgan fingerprint density at radius 1 is 1.57 bits per heavy atom. The van der Waals surface area contributed by atoms with Crippen LogP contribution in [0.25, 0.3) is 0 Å². The molecule has 0 fully saturated rings. The molecular weight excluding hydrogens is 181 g/mol. The summed E-state index contributed by atoms with van der Waals surface area (Å²) < 4.78 is 18.7. The van der Waals surface area contributed by atoms with Crippen LogP contribution in [0.5, 0.6) is 5.75 Å². The first-order chi connectivity index (χ1) is 6.72. The summed E-state index contributed by atoms with van der Waals surface area (Å²) in [5.74, 6) is 0.320. The van der Waals surface area contributed by atoms with Crippen LogP contribution in [-0.2, 0) is 6.42 Å². The number of fused-ring (bicyclic) bond motifs is 1. The van der Waals surface area contributed by atoms with E-state index in [4.69, 9.17) is 10.5 Å². The molecular formula is C11H12FNO. The lowest BCUT2D eigenvalue weighted by Crippen LogP contribution is -2.09. The van der Waals surface area contributed by atoms with Crippen molar-refractivity contribution in [2.75, 3.05) is 6.61 Å². The van der Waals surface area contributed by atoms with Crippen molar-refractivity contribution in [3.05, 3.63) is 41.7 Å². The molecule has 1 aliphatic heterocycles. The normalized spacial score (nSPS) is 15.9. The molecule has 1 heterocycles. The van der Waals surface area contributed by atoms with Gasteiger partial charge in [0.15, 0.2) is 0 Å². The van der Waals surface area contributed by atoms with Crippen molar-refractivity contribution in [3.8, 4) is 5.75 Å². The Bertz CT molecular complexity index is 376. The van der Waals surface area contributed by atoms with Gasteiger partial charge < -0.3 is 10.5 Å². The average molecular weight is 193 g/mol. The fourth-order valence-electron chi connectivity index (χ4n) is 1.60. The molecule has 0 spiro atoms. The second-order valence-electron chi connectivity index (χ2n) is 3.34. The molecule has 0 aromatic heterocycles. The quantitative estimate of drug-likeness (QED) is 0.728. The highest BCUT2D eigenvalue weighted by molar-refractivity contribution is 5.42. The molecule has 1 aromatic carbocycles. The Hall–Kier alpha value is -1.35. The van der Waals surface area contributed by atoms with Crippen LogP contribution in [0.3, 0.4) is 0 Å². The van der Waals surface area contributed by atoms with Crippen LogP contribution in [-0.4, -0.2) is 6.61 Å². The zero-order chi connectivity index (χ0) is 10.1. The molecule has 3 heteroatoms. The highest BCUT2D eigenvalue weighted by atomic mass is 19.1. The highest BCUT2D eigenvalue weighted by Gasteiger charge is 2.17. The molecule has 2 rings (SSSR count). The topological polar surface area (TPSA) is 35.2 Å². The van der Waals surface area contributed by atoms with Gasteiger partial charge in [-0.15, -0.1) is 6.58 Å². The number of hydrogen-bond acceptors (Lipinski definition) is 2. The summed E-state index contributed by atoms with van der Waals surface area (Å²) in [5, 5.41) is 0. The van der Waals surface area contributed by atoms with Crippen LogP contribution in [0.1, 0.15) is 17.2 Å². The Labute approximate surface area is 82.2 Å². The zero-order valence-corrected chi connectivity index (χ0v) is 7.79. The van der Waals surface area contributed by atoms with E-state index >= 15 is 0 Å². The number of rotatable bonds is 2. The number of ether oxygens (including phenoxy) is 1. The van der Waals surface area contributed by atoms with Gasteiger partial charge in [0.05, 0.1) is 12.6 Å². The molecule has 1 aromatic rings. The Morgan fingerprint density at radius 2 is 2.36 bits per heavy atom. The molecule has 0 bridgehead atoms. The maximum Gasteiger partial charge on any atom is 0.132 e. The second-order valence-corrected chi connectivity index (χ2v) is 3.34. The van der Waals surface area contributed by atoms with E-state index in [1.54, 1.807) is 6.07 Å². The van der Waals surface area contributed by atoms with E-state index in [2.05, 4.69) is 6.58 Å². The fraction of sp³-hybridized carbons (Fsp3) is 0.273. The summed E-state index contributed by atoms with van der Waals surface area (Å²) in [6.07, 6.45) is 2.35. The van der Waals surface area contributed by atoms with Crippen molar-refractivity contribution in [2.45, 2.75) is 12.5 Å². The van der Waals surface area contributed by atoms with Gasteiger partial charge in [-0.1, -0.05) is 6.08 Å². The molecule has 1 atom stereocenters. The van der Waals surface area contributed by atoms with Gasteiger partial charge in [0.1, 0.15) is 11.6 Å². The van der Waals surface area contributed by atoms with Gasteiger partial charge in [-0.05, 0) is 11.6 Å². The number of nitrogens with two attached hydrogens (primary N) is 1. The minimum Gasteiger partial charge on any atom is -0.493 e. The molecule has 2 nitrogen and oxygen atoms in total. The second kappa shape index (κ2) is 3.42. The Balaban J connectivity index is 2.47. The van der Waals surface area contributed by atoms with Crippen LogP contribution < -0.4 is 10.5 Å². The summed E-state index contributed by atoms with van der Waals surface area (Å²) in [6.45, 7) is 4.18. The van der Waals surface area contributed by atoms with Crippen molar-refractivity contribution in [1.29, 1.82) is 0 Å². The minimum atomic E-state index is -0.444. The van der Waals surface area contributed by atoms with E-state index in [-0.39, 0.29) is 5.82 Å². The Kier molecular flexibility index (Phi) is 2.25. The molecule has 74 valence electrons. The zero-order valence-electron chi connectivity index (χ0n) is 7.79. The van der Waals surface area contributed by atoms with E-state index in [1.165, 1.54) is 12.1 Å². The third kappa shape index (κ3) is 1.40. The Morgan fingerprint density at radius 3 is 3.07 bits per heavy atom. The van der Waals surface area contributed by atoms with Crippen LogP contribution in [0, 0.1) is 5.82 Å². The highest BCUT2D eigenvalue weighted by Crippen LogP contribution is 2.30. The van der Waals surface area contributed by atoms with Gasteiger partial charge in [-0.2, -0.15) is 0 Å². The van der Waals surface area contributed by atoms with Crippen molar-refractivity contribution in [3.63, 3.8) is 0 Å². The van der Waals surface area contributed by atoms with E-state index in [1.807, 2.05) is 0 Å². The molecule has 1 aliphatic rings. The third-order valence-electron chi connectivity index (χ3n) is 2.42. The van der Waals surface area contributed by atoms with Crippen molar-refractivity contribution >= 4 is 0 Å². The average Bonchev–Trinajstić information content (AvgIpc) is 2.62. The number of hydrogen-bond donors (Lipinski definition) is 1. The molecule has 0 saturated carbocycles. The van der Waals surface area contributed by atoms with Gasteiger partial charge in [-0.3, -0.25) is 0 Å². The fourth-order valence-corrected chi connectivity index (χ4v) is 1.60. The van der Waals surface area contributed by atoms with Crippen molar-refractivity contribution in [1.82, 2.24) is 0 Å². The van der Waals surface area contributed by atoms with Gasteiger partial charge in [-0.25, -0.2) is 4.39 Å². The summed E-state index contributed by atoms with van der Waals surface area (Å²) >= 11 is 0. The first-order valence-electron chi connectivity index (χ1n) is 4.55. The molecule has 0 radical (unpaired) electrons. The predicted octanol–water partition coefficient (Wildman–Crippen LogP) is 1.95. The number of halogens is 1. The van der Waals surface area contributed by atoms with Crippen molar-refractivity contribution < 1.29 is 9.13 Å². The maximum absolute atomic E-state index is 13.5. The van der Waals surface area contributed by atoms with Crippen LogP contribution in [0.2, 0.25) is 0 Å². The first kappa shape index (κ1) is 9.21. The van der Waals surface area contributed by atoms with Gasteiger partial charge >= 0.3 is 0 Å². The van der Waals surface area contributed by atoms with Crippen LogP contribution in [0.15, 0.2) is 24.8 Å². The van der Waals surface area contributed by atoms with Crippen LogP contribution >= 0.6 is 0 Å². The minimum absolute atomic E-state index is 0.321. The van der Waals surface area contributed by atoms with Gasteiger partial charge in [0.25, 0.3) is 0 Å². The molecule has 0 aliphatic carbocycles. The lowest BCUT2D eigenvalue weighted by atomic mass is 10.0. The van der Waals surface area contributed by atoms with Crippen LogP contribution in [0.4, 0.5) is 4.39 Å². The lowest BCUT2D eigenvalue weighted by molar-refractivity contribution is 0.355. The van der Waals surface area contributed by atoms with E-state index in [0.717, 1.165) is 12.0 Å². The monoisotopic (exact) mass is 193 g/mol. The summed E-state index contributed by atoms with van der Waals surface area (Å²) in [7, 11) is 0. The largest absolute Gasteiger partial charge is 0.493 e. The smallest absolute Gasteiger partial charge is 0.132 e. The van der Waals surface area contributed by atoms with E-state index in [9.17, 15) is 4.39 Å². The van der Waals surface area contributed by atoms with Gasteiger partial charge in [0.2, 0.25) is 0 Å². The van der Waals surface area contributed by atoms with Gasteiger partial charge in [0, 0.05) is 18.1 Å². The molecule has 14 heavy (non-hydrogen) atoms. The summed E-state index contributed by atoms with van der Waals surface area (Å²) in [4.78, 5) is 0. The predicted molar refractivity (Wildman–Crippen MR) is 52.7 cm³/mol. The van der Waals surface area contributed by atoms with E-state index in [0.29, 0.717) is 17.9 Å². The summed E-state index contributed by atoms with van der Waals surface area (Å²) in [5.41, 5.74) is 7.21. The SMILES string of the molecule is C=C[C@H](N)c1cc2c(cc1F)OCC2. The number of benzene rings is 1. The molecule has 0 amide bonds. The first-order valence-corrected chi connectivity index (χ1v) is 4.55. The van der Waals surface area contributed by atoms with E-state index < -0.39 is 6.04 Å². The third-order valence-corrected chi connectivity index (χ3v) is 2.42. The summed E-state index contributed by atoms with van der Waals surface area (Å²) in [6, 6.07) is 2.73. The maximum atomic E-state index is 13.5. The van der Waals surface area contributed by atoms with Crippen molar-refractivity contribution in [2.24, 2.45) is 5.73 Å². The standard InChI is InChI=1S/C11H12FNO/c1-2-10(13)8-5-7-3-4-14-11(7)6-9(8)12/h2,5-6,10H,1,3-4,13H2/t10-/m0/s1.